The standard InChI is InChI=1S/C12H15ClN2O5S/c1-2-3-7-20-8-6-14-21(18,19)12-9-10(15(16)17)4-5-11(12)13/h2,4-5,9,14H,1,3,6-8H2. The molecule has 0 radical (unpaired) electrons. The van der Waals surface area contributed by atoms with Crippen LogP contribution in [0, 0.1) is 10.1 Å². The number of nitrogens with one attached hydrogen (secondary N) is 1. The minimum Gasteiger partial charge on any atom is -0.380 e. The van der Waals surface area contributed by atoms with Crippen LogP contribution in [0.4, 0.5) is 5.69 Å². The molecule has 1 aromatic carbocycles. The van der Waals surface area contributed by atoms with Gasteiger partial charge >= 0.3 is 0 Å². The summed E-state index contributed by atoms with van der Waals surface area (Å²) >= 11 is 5.78. The van der Waals surface area contributed by atoms with Crippen molar-refractivity contribution in [3.8, 4) is 0 Å². The molecule has 0 fully saturated rings. The first kappa shape index (κ1) is 17.6. The number of nitro groups is 1. The van der Waals surface area contributed by atoms with Gasteiger partial charge in [0, 0.05) is 18.7 Å². The Labute approximate surface area is 127 Å². The van der Waals surface area contributed by atoms with E-state index in [1.165, 1.54) is 6.07 Å². The molecule has 9 heteroatoms. The molecular weight excluding hydrogens is 320 g/mol. The summed E-state index contributed by atoms with van der Waals surface area (Å²) in [4.78, 5) is 9.66. The summed E-state index contributed by atoms with van der Waals surface area (Å²) in [5.41, 5.74) is -0.345. The molecule has 0 atom stereocenters. The van der Waals surface area contributed by atoms with Gasteiger partial charge in [0.05, 0.1) is 23.2 Å². The van der Waals surface area contributed by atoms with E-state index in [4.69, 9.17) is 16.3 Å². The van der Waals surface area contributed by atoms with Crippen LogP contribution in [0.2, 0.25) is 5.02 Å². The predicted octanol–water partition coefficient (Wildman–Crippen LogP) is 2.12. The molecule has 1 aromatic rings. The Hall–Kier alpha value is -1.48. The smallest absolute Gasteiger partial charge is 0.270 e. The van der Waals surface area contributed by atoms with E-state index in [0.29, 0.717) is 13.0 Å². The molecule has 0 aromatic heterocycles. The van der Waals surface area contributed by atoms with Crippen molar-refractivity contribution >= 4 is 27.3 Å². The van der Waals surface area contributed by atoms with Gasteiger partial charge in [0.1, 0.15) is 4.90 Å². The van der Waals surface area contributed by atoms with Crippen LogP contribution in [0.1, 0.15) is 6.42 Å². The van der Waals surface area contributed by atoms with E-state index in [0.717, 1.165) is 12.1 Å². The zero-order valence-corrected chi connectivity index (χ0v) is 12.7. The summed E-state index contributed by atoms with van der Waals surface area (Å²) < 4.78 is 31.5. The second kappa shape index (κ2) is 8.08. The average molecular weight is 335 g/mol. The van der Waals surface area contributed by atoms with Gasteiger partial charge in [-0.05, 0) is 12.5 Å². The summed E-state index contributed by atoms with van der Waals surface area (Å²) in [6.07, 6.45) is 2.36. The zero-order valence-electron chi connectivity index (χ0n) is 11.1. The van der Waals surface area contributed by atoms with Gasteiger partial charge in [0.15, 0.2) is 0 Å². The van der Waals surface area contributed by atoms with Gasteiger partial charge in [0.2, 0.25) is 10.0 Å². The number of sulfonamides is 1. The Morgan fingerprint density at radius 1 is 1.43 bits per heavy atom. The Morgan fingerprint density at radius 2 is 2.14 bits per heavy atom. The van der Waals surface area contributed by atoms with E-state index >= 15 is 0 Å². The van der Waals surface area contributed by atoms with Gasteiger partial charge in [-0.2, -0.15) is 0 Å². The molecule has 0 spiro atoms. The van der Waals surface area contributed by atoms with Crippen molar-refractivity contribution < 1.29 is 18.1 Å². The van der Waals surface area contributed by atoms with E-state index in [1.54, 1.807) is 6.08 Å². The highest BCUT2D eigenvalue weighted by Crippen LogP contribution is 2.25. The lowest BCUT2D eigenvalue weighted by atomic mass is 10.3. The molecule has 0 saturated carbocycles. The van der Waals surface area contributed by atoms with E-state index in [9.17, 15) is 18.5 Å². The molecule has 0 aliphatic heterocycles. The maximum absolute atomic E-state index is 12.0. The van der Waals surface area contributed by atoms with Crippen LogP contribution in [0.3, 0.4) is 0 Å². The SMILES string of the molecule is C=CCCOCCNS(=O)(=O)c1cc([N+](=O)[O-])ccc1Cl. The third-order valence-corrected chi connectivity index (χ3v) is 4.36. The van der Waals surface area contributed by atoms with E-state index < -0.39 is 14.9 Å². The highest BCUT2D eigenvalue weighted by atomic mass is 35.5. The third kappa shape index (κ3) is 5.43. The number of halogens is 1. The summed E-state index contributed by atoms with van der Waals surface area (Å²) in [6, 6.07) is 3.23. The van der Waals surface area contributed by atoms with Crippen LogP contribution < -0.4 is 4.72 Å². The molecule has 0 aliphatic rings. The fourth-order valence-electron chi connectivity index (χ4n) is 1.41. The predicted molar refractivity (Wildman–Crippen MR) is 78.9 cm³/mol. The van der Waals surface area contributed by atoms with Crippen molar-refractivity contribution in [2.24, 2.45) is 0 Å². The number of hydrogen-bond donors (Lipinski definition) is 1. The normalized spacial score (nSPS) is 11.3. The molecule has 1 rings (SSSR count). The van der Waals surface area contributed by atoms with Crippen LogP contribution in [0.15, 0.2) is 35.7 Å². The molecule has 0 saturated heterocycles. The number of benzene rings is 1. The number of hydrogen-bond acceptors (Lipinski definition) is 5. The highest BCUT2D eigenvalue weighted by Gasteiger charge is 2.21. The fourth-order valence-corrected chi connectivity index (χ4v) is 2.94. The monoisotopic (exact) mass is 334 g/mol. The number of nitro benzene ring substituents is 1. The first-order valence-corrected chi connectivity index (χ1v) is 7.87. The molecule has 0 unspecified atom stereocenters. The van der Waals surface area contributed by atoms with Crippen molar-refractivity contribution in [1.29, 1.82) is 0 Å². The molecule has 0 heterocycles. The van der Waals surface area contributed by atoms with E-state index in [1.807, 2.05) is 0 Å². The van der Waals surface area contributed by atoms with Crippen LogP contribution in [0.25, 0.3) is 0 Å². The van der Waals surface area contributed by atoms with Crippen LogP contribution in [-0.2, 0) is 14.8 Å². The minimum atomic E-state index is -3.93. The molecule has 1 N–H and O–H groups in total. The van der Waals surface area contributed by atoms with Crippen molar-refractivity contribution in [3.05, 3.63) is 46.0 Å². The van der Waals surface area contributed by atoms with Gasteiger partial charge < -0.3 is 4.74 Å². The first-order valence-electron chi connectivity index (χ1n) is 6.00. The zero-order chi connectivity index (χ0) is 15.9. The van der Waals surface area contributed by atoms with E-state index in [-0.39, 0.29) is 28.8 Å². The Bertz CT molecular complexity index is 618. The summed E-state index contributed by atoms with van der Waals surface area (Å²) in [5.74, 6) is 0. The van der Waals surface area contributed by atoms with Crippen molar-refractivity contribution in [2.75, 3.05) is 19.8 Å². The number of nitrogens with zero attached hydrogens (tertiary/aromatic N) is 1. The maximum atomic E-state index is 12.0. The van der Waals surface area contributed by atoms with Crippen LogP contribution in [0.5, 0.6) is 0 Å². The lowest BCUT2D eigenvalue weighted by Crippen LogP contribution is -2.27. The minimum absolute atomic E-state index is 0.0402. The van der Waals surface area contributed by atoms with Gasteiger partial charge in [-0.1, -0.05) is 17.7 Å². The number of ether oxygens (including phenoxy) is 1. The molecule has 116 valence electrons. The molecule has 0 amide bonds. The highest BCUT2D eigenvalue weighted by molar-refractivity contribution is 7.89. The third-order valence-electron chi connectivity index (χ3n) is 2.42. The van der Waals surface area contributed by atoms with Gasteiger partial charge in [-0.3, -0.25) is 10.1 Å². The largest absolute Gasteiger partial charge is 0.380 e. The summed E-state index contributed by atoms with van der Waals surface area (Å²) in [7, 11) is -3.93. The van der Waals surface area contributed by atoms with Crippen molar-refractivity contribution in [1.82, 2.24) is 4.72 Å². The van der Waals surface area contributed by atoms with Crippen molar-refractivity contribution in [2.45, 2.75) is 11.3 Å². The average Bonchev–Trinajstić information content (AvgIpc) is 2.42. The molecule has 21 heavy (non-hydrogen) atoms. The van der Waals surface area contributed by atoms with Crippen LogP contribution in [-0.4, -0.2) is 33.1 Å². The van der Waals surface area contributed by atoms with Gasteiger partial charge in [0.25, 0.3) is 5.69 Å². The van der Waals surface area contributed by atoms with Gasteiger partial charge in [-0.25, -0.2) is 13.1 Å². The fraction of sp³-hybridized carbons (Fsp3) is 0.333. The first-order chi connectivity index (χ1) is 9.88. The topological polar surface area (TPSA) is 98.5 Å². The summed E-state index contributed by atoms with van der Waals surface area (Å²) in [5, 5.41) is 10.6. The second-order valence-corrected chi connectivity index (χ2v) is 6.10. The van der Waals surface area contributed by atoms with Crippen molar-refractivity contribution in [3.63, 3.8) is 0 Å². The molecular formula is C12H15ClN2O5S. The molecule has 0 aliphatic carbocycles. The summed E-state index contributed by atoms with van der Waals surface area (Å²) in [6.45, 7) is 4.20. The quantitative estimate of drug-likeness (QED) is 0.323. The Kier molecular flexibility index (Phi) is 6.76. The number of non-ortho nitro benzene ring substituents is 1. The molecule has 0 bridgehead atoms. The van der Waals surface area contributed by atoms with Gasteiger partial charge in [-0.15, -0.1) is 6.58 Å². The lowest BCUT2D eigenvalue weighted by Gasteiger charge is -2.08. The number of rotatable bonds is 9. The van der Waals surface area contributed by atoms with Crippen LogP contribution >= 0.6 is 11.6 Å². The maximum Gasteiger partial charge on any atom is 0.270 e. The van der Waals surface area contributed by atoms with E-state index in [2.05, 4.69) is 11.3 Å². The Balaban J connectivity index is 2.72. The lowest BCUT2D eigenvalue weighted by molar-refractivity contribution is -0.385. The second-order valence-electron chi connectivity index (χ2n) is 3.96. The Morgan fingerprint density at radius 3 is 2.76 bits per heavy atom. The molecule has 7 nitrogen and oxygen atoms in total.